The van der Waals surface area contributed by atoms with Crippen molar-refractivity contribution in [1.29, 1.82) is 0 Å². The van der Waals surface area contributed by atoms with Gasteiger partial charge in [-0.2, -0.15) is 0 Å². The Balaban J connectivity index is 0.00000256. The molecule has 0 aromatic heterocycles. The lowest BCUT2D eigenvalue weighted by Gasteiger charge is -2.33. The maximum atomic E-state index is 10.9. The summed E-state index contributed by atoms with van der Waals surface area (Å²) in [4.78, 5) is 13.1. The first kappa shape index (κ1) is 22.1. The van der Waals surface area contributed by atoms with E-state index in [0.717, 1.165) is 25.9 Å². The van der Waals surface area contributed by atoms with Crippen LogP contribution in [0.2, 0.25) is 0 Å². The number of hydrogen-bond donors (Lipinski definition) is 1. The Hall–Kier alpha value is -2.62. The number of carbonyl (C=O) groups is 1. The summed E-state index contributed by atoms with van der Waals surface area (Å²) in [6.07, 6.45) is 5.48. The number of aryl methyl sites for hydroxylation is 1. The number of anilines is 1. The van der Waals surface area contributed by atoms with Crippen molar-refractivity contribution < 1.29 is 9.90 Å². The van der Waals surface area contributed by atoms with E-state index in [0.29, 0.717) is 6.42 Å². The van der Waals surface area contributed by atoms with Crippen LogP contribution in [-0.2, 0) is 16.6 Å². The zero-order chi connectivity index (χ0) is 20.8. The average molecular weight is 408 g/mol. The second kappa shape index (κ2) is 8.25. The smallest absolute Gasteiger partial charge is 0.303 e. The molecule has 1 N–H and O–H groups in total. The Morgan fingerprint density at radius 3 is 2.63 bits per heavy atom. The third-order valence-electron chi connectivity index (χ3n) is 6.50. The fourth-order valence-corrected chi connectivity index (χ4v) is 4.84. The van der Waals surface area contributed by atoms with Gasteiger partial charge in [-0.15, -0.1) is 0 Å². The Morgan fingerprint density at radius 2 is 1.93 bits per heavy atom. The van der Waals surface area contributed by atoms with Crippen molar-refractivity contribution in [2.75, 3.05) is 32.1 Å². The molecule has 160 valence electrons. The Labute approximate surface area is 180 Å². The second-order valence-corrected chi connectivity index (χ2v) is 9.09. The van der Waals surface area contributed by atoms with Crippen LogP contribution in [0.15, 0.2) is 30.3 Å². The molecule has 0 fully saturated rings. The number of fused-ring (bicyclic) bond motifs is 3. The lowest BCUT2D eigenvalue weighted by molar-refractivity contribution is -0.137. The number of hydrogen-bond acceptors (Lipinski definition) is 2. The molecule has 0 unspecified atom stereocenters. The number of carboxylic acids is 1. The van der Waals surface area contributed by atoms with Crippen LogP contribution in [0.25, 0.3) is 6.08 Å². The topological polar surface area (TPSA) is 43.5 Å². The third kappa shape index (κ3) is 3.88. The number of nitrogens with zero attached hydrogens (tertiary/aromatic N) is 2. The molecular weight excluding hydrogens is 372 g/mol. The summed E-state index contributed by atoms with van der Waals surface area (Å²) >= 11 is 0. The molecule has 0 saturated carbocycles. The molecule has 0 bridgehead atoms. The van der Waals surface area contributed by atoms with E-state index in [-0.39, 0.29) is 19.3 Å². The van der Waals surface area contributed by atoms with Crippen molar-refractivity contribution in [2.24, 2.45) is 0 Å². The molecule has 4 nitrogen and oxygen atoms in total. The van der Waals surface area contributed by atoms with Gasteiger partial charge < -0.3 is 10.0 Å². The zero-order valence-corrected chi connectivity index (χ0v) is 18.0. The SMILES string of the molecule is C.CN(C)c1ccc2c(c1)C(C)(C)c1cc3c(cc1=C2)CCC[N+]=3CCCC(=O)O. The lowest BCUT2D eigenvalue weighted by atomic mass is 9.71. The first-order chi connectivity index (χ1) is 13.8. The van der Waals surface area contributed by atoms with Crippen LogP contribution in [0.3, 0.4) is 0 Å². The molecule has 30 heavy (non-hydrogen) atoms. The summed E-state index contributed by atoms with van der Waals surface area (Å²) in [6, 6.07) is 11.5. The normalized spacial score (nSPS) is 15.8. The summed E-state index contributed by atoms with van der Waals surface area (Å²) in [5, 5.41) is 11.6. The molecule has 2 aliphatic rings. The minimum atomic E-state index is -0.711. The van der Waals surface area contributed by atoms with Gasteiger partial charge in [-0.05, 0) is 52.6 Å². The molecule has 0 radical (unpaired) electrons. The van der Waals surface area contributed by atoms with Gasteiger partial charge in [0, 0.05) is 49.7 Å². The standard InChI is InChI=1S/C25H30N2O2.CH4/c1-25(2)21-15-20(26(3)4)10-9-17(21)13-19-14-18-7-5-11-27(12-6-8-24(28)29)23(18)16-22(19)25;/h9-10,13-16H,5-8,11-12H2,1-4H3;1H4/p+1. The van der Waals surface area contributed by atoms with Gasteiger partial charge in [0.15, 0.2) is 0 Å². The van der Waals surface area contributed by atoms with E-state index in [2.05, 4.69) is 73.8 Å². The van der Waals surface area contributed by atoms with E-state index in [9.17, 15) is 4.79 Å². The van der Waals surface area contributed by atoms with E-state index in [1.165, 1.54) is 38.5 Å². The maximum absolute atomic E-state index is 10.9. The fourth-order valence-electron chi connectivity index (χ4n) is 4.84. The zero-order valence-electron chi connectivity index (χ0n) is 18.0. The summed E-state index contributed by atoms with van der Waals surface area (Å²) in [6.45, 7) is 6.46. The summed E-state index contributed by atoms with van der Waals surface area (Å²) in [7, 11) is 4.17. The van der Waals surface area contributed by atoms with Gasteiger partial charge in [-0.1, -0.05) is 27.3 Å². The Morgan fingerprint density at radius 1 is 1.17 bits per heavy atom. The van der Waals surface area contributed by atoms with Crippen LogP contribution in [-0.4, -0.2) is 38.3 Å². The first-order valence-corrected chi connectivity index (χ1v) is 10.6. The molecule has 0 saturated heterocycles. The van der Waals surface area contributed by atoms with Crippen LogP contribution in [0.5, 0.6) is 0 Å². The van der Waals surface area contributed by atoms with Gasteiger partial charge in [-0.3, -0.25) is 4.79 Å². The number of rotatable bonds is 5. The monoisotopic (exact) mass is 407 g/mol. The molecule has 0 amide bonds. The minimum Gasteiger partial charge on any atom is -0.481 e. The van der Waals surface area contributed by atoms with Gasteiger partial charge in [0.25, 0.3) is 0 Å². The van der Waals surface area contributed by atoms with Crippen LogP contribution in [0.1, 0.15) is 62.8 Å². The van der Waals surface area contributed by atoms with E-state index in [1.807, 2.05) is 0 Å². The predicted octanol–water partition coefficient (Wildman–Crippen LogP) is 3.16. The average Bonchev–Trinajstić information content (AvgIpc) is 2.66. The van der Waals surface area contributed by atoms with Crippen LogP contribution < -0.4 is 20.1 Å². The minimum absolute atomic E-state index is 0. The Kier molecular flexibility index (Phi) is 6.07. The molecule has 1 heterocycles. The van der Waals surface area contributed by atoms with Crippen molar-refractivity contribution in [3.05, 3.63) is 63.2 Å². The number of carboxylic acid groups (broad SMARTS) is 1. The summed E-state index contributed by atoms with van der Waals surface area (Å²) < 4.78 is 2.39. The Bertz CT molecular complexity index is 1100. The molecule has 2 aromatic rings. The van der Waals surface area contributed by atoms with Gasteiger partial charge >= 0.3 is 5.97 Å². The van der Waals surface area contributed by atoms with Gasteiger partial charge in [0.05, 0.1) is 6.42 Å². The number of benzene rings is 2. The predicted molar refractivity (Wildman–Crippen MR) is 125 cm³/mol. The van der Waals surface area contributed by atoms with E-state index in [4.69, 9.17) is 5.11 Å². The highest BCUT2D eigenvalue weighted by atomic mass is 16.4. The summed E-state index contributed by atoms with van der Waals surface area (Å²) in [5.74, 6) is -0.711. The summed E-state index contributed by atoms with van der Waals surface area (Å²) in [5.41, 5.74) is 6.58. The molecule has 1 aliphatic heterocycles. The highest BCUT2D eigenvalue weighted by Gasteiger charge is 2.31. The highest BCUT2D eigenvalue weighted by molar-refractivity contribution is 5.68. The van der Waals surface area contributed by atoms with E-state index in [1.54, 1.807) is 0 Å². The van der Waals surface area contributed by atoms with Crippen LogP contribution in [0.4, 0.5) is 5.69 Å². The largest absolute Gasteiger partial charge is 0.481 e. The van der Waals surface area contributed by atoms with Gasteiger partial charge in [-0.25, -0.2) is 4.58 Å². The van der Waals surface area contributed by atoms with Crippen molar-refractivity contribution >= 4 is 17.7 Å². The number of aliphatic carboxylic acids is 1. The lowest BCUT2D eigenvalue weighted by Crippen LogP contribution is -2.42. The van der Waals surface area contributed by atoms with Crippen molar-refractivity contribution in [3.63, 3.8) is 0 Å². The van der Waals surface area contributed by atoms with E-state index >= 15 is 0 Å². The second-order valence-electron chi connectivity index (χ2n) is 9.09. The molecule has 4 rings (SSSR count). The molecule has 0 atom stereocenters. The maximum Gasteiger partial charge on any atom is 0.303 e. The van der Waals surface area contributed by atoms with Gasteiger partial charge in [0.1, 0.15) is 13.1 Å². The third-order valence-corrected chi connectivity index (χ3v) is 6.50. The van der Waals surface area contributed by atoms with Gasteiger partial charge in [0.2, 0.25) is 5.36 Å². The van der Waals surface area contributed by atoms with Crippen molar-refractivity contribution in [2.45, 2.75) is 52.4 Å². The van der Waals surface area contributed by atoms with E-state index < -0.39 is 5.97 Å². The molecule has 0 spiro atoms. The first-order valence-electron chi connectivity index (χ1n) is 10.6. The fraction of sp³-hybridized carbons (Fsp3) is 0.462. The van der Waals surface area contributed by atoms with Crippen molar-refractivity contribution in [3.8, 4) is 0 Å². The molecular formula is C26H35N2O2+. The molecule has 2 aromatic carbocycles. The quantitative estimate of drug-likeness (QED) is 0.775. The van der Waals surface area contributed by atoms with Crippen LogP contribution in [0, 0.1) is 0 Å². The molecule has 1 aliphatic carbocycles. The van der Waals surface area contributed by atoms with Crippen LogP contribution >= 0.6 is 0 Å². The van der Waals surface area contributed by atoms with Crippen molar-refractivity contribution in [1.82, 2.24) is 4.58 Å². The highest BCUT2D eigenvalue weighted by Crippen LogP contribution is 2.36. The molecule has 4 heteroatoms.